The normalized spacial score (nSPS) is 12.6. The molecule has 0 rings (SSSR count). The molecular weight excluding hydrogens is 198 g/mol. The molecule has 0 spiro atoms. The van der Waals surface area contributed by atoms with E-state index in [1.54, 1.807) is 0 Å². The Morgan fingerprint density at radius 3 is 1.81 bits per heavy atom. The van der Waals surface area contributed by atoms with Crippen molar-refractivity contribution in [3.8, 4) is 0 Å². The Kier molecular flexibility index (Phi) is 12.4. The van der Waals surface area contributed by atoms with Gasteiger partial charge in [-0.1, -0.05) is 76.8 Å². The molecule has 1 atom stereocenters. The molecule has 0 aliphatic rings. The molecule has 0 amide bonds. The quantitative estimate of drug-likeness (QED) is 0.322. The summed E-state index contributed by atoms with van der Waals surface area (Å²) in [5, 5.41) is 3.19. The van der Waals surface area contributed by atoms with Crippen LogP contribution in [0.1, 0.15) is 84.5 Å². The Balaban J connectivity index is 3.15. The first kappa shape index (κ1) is 15.6. The zero-order chi connectivity index (χ0) is 12.1. The average Bonchev–Trinajstić information content (AvgIpc) is 2.31. The first-order valence-electron chi connectivity index (χ1n) is 7.17. The molecule has 2 nitrogen and oxygen atoms in total. The van der Waals surface area contributed by atoms with Gasteiger partial charge in [-0.3, -0.25) is 0 Å². The molecule has 0 fully saturated rings. The number of hydrogen-bond donors (Lipinski definition) is 0. The van der Waals surface area contributed by atoms with E-state index < -0.39 is 0 Å². The fraction of sp³-hybridized carbons (Fsp3) is 1.00. The first-order chi connectivity index (χ1) is 7.85. The van der Waals surface area contributed by atoms with E-state index in [1.807, 2.05) is 0 Å². The lowest BCUT2D eigenvalue weighted by Crippen LogP contribution is -2.02. The molecule has 0 aliphatic heterocycles. The SMILES string of the molecule is CCCCCCCCCCC(CCC)N=O. The highest BCUT2D eigenvalue weighted by Crippen LogP contribution is 2.14. The standard InChI is InChI=1S/C14H29NO/c1-3-5-6-7-8-9-10-11-13-14(15-16)12-4-2/h14H,3-13H2,1-2H3. The predicted octanol–water partition coefficient (Wildman–Crippen LogP) is 5.45. The van der Waals surface area contributed by atoms with Crippen LogP contribution < -0.4 is 0 Å². The van der Waals surface area contributed by atoms with Crippen LogP contribution in [-0.2, 0) is 0 Å². The van der Waals surface area contributed by atoms with Crippen LogP contribution >= 0.6 is 0 Å². The number of hydrogen-bond acceptors (Lipinski definition) is 2. The van der Waals surface area contributed by atoms with E-state index in [1.165, 1.54) is 51.4 Å². The minimum absolute atomic E-state index is 0.0880. The molecule has 2 heteroatoms. The molecule has 0 radical (unpaired) electrons. The molecule has 0 bridgehead atoms. The second-order valence-corrected chi connectivity index (χ2v) is 4.81. The van der Waals surface area contributed by atoms with Crippen LogP contribution in [-0.4, -0.2) is 6.04 Å². The topological polar surface area (TPSA) is 29.4 Å². The summed E-state index contributed by atoms with van der Waals surface area (Å²) in [4.78, 5) is 10.5. The molecule has 0 saturated carbocycles. The third-order valence-electron chi connectivity index (χ3n) is 3.16. The number of nitrogens with zero attached hydrogens (tertiary/aromatic N) is 1. The van der Waals surface area contributed by atoms with E-state index in [2.05, 4.69) is 19.0 Å². The molecular formula is C14H29NO. The van der Waals surface area contributed by atoms with Crippen molar-refractivity contribution in [3.05, 3.63) is 4.91 Å². The van der Waals surface area contributed by atoms with Crippen molar-refractivity contribution in [2.24, 2.45) is 5.18 Å². The van der Waals surface area contributed by atoms with Crippen LogP contribution in [0.3, 0.4) is 0 Å². The number of rotatable bonds is 12. The third kappa shape index (κ3) is 10.1. The molecule has 0 aromatic rings. The Morgan fingerprint density at radius 1 is 0.750 bits per heavy atom. The summed E-state index contributed by atoms with van der Waals surface area (Å²) in [5.41, 5.74) is 0. The minimum atomic E-state index is 0.0880. The first-order valence-corrected chi connectivity index (χ1v) is 7.17. The van der Waals surface area contributed by atoms with Crippen LogP contribution in [0, 0.1) is 4.91 Å². The smallest absolute Gasteiger partial charge is 0.0919 e. The molecule has 0 saturated heterocycles. The van der Waals surface area contributed by atoms with E-state index in [-0.39, 0.29) is 6.04 Å². The summed E-state index contributed by atoms with van der Waals surface area (Å²) < 4.78 is 0. The Bertz CT molecular complexity index is 148. The van der Waals surface area contributed by atoms with E-state index in [0.717, 1.165) is 19.3 Å². The van der Waals surface area contributed by atoms with Gasteiger partial charge in [-0.25, -0.2) is 0 Å². The molecule has 0 N–H and O–H groups in total. The maximum absolute atomic E-state index is 10.5. The molecule has 0 heterocycles. The van der Waals surface area contributed by atoms with E-state index in [9.17, 15) is 4.91 Å². The summed E-state index contributed by atoms with van der Waals surface area (Å²) in [6.07, 6.45) is 13.7. The van der Waals surface area contributed by atoms with Crippen LogP contribution in [0.5, 0.6) is 0 Å². The minimum Gasteiger partial charge on any atom is -0.151 e. The summed E-state index contributed by atoms with van der Waals surface area (Å²) in [5.74, 6) is 0. The number of unbranched alkanes of at least 4 members (excludes halogenated alkanes) is 7. The molecule has 0 aromatic heterocycles. The van der Waals surface area contributed by atoms with Gasteiger partial charge in [0.1, 0.15) is 0 Å². The Labute approximate surface area is 101 Å². The maximum Gasteiger partial charge on any atom is 0.0919 e. The van der Waals surface area contributed by atoms with Crippen LogP contribution in [0.25, 0.3) is 0 Å². The third-order valence-corrected chi connectivity index (χ3v) is 3.16. The highest BCUT2D eigenvalue weighted by atomic mass is 16.3. The van der Waals surface area contributed by atoms with Gasteiger partial charge in [0.05, 0.1) is 6.04 Å². The summed E-state index contributed by atoms with van der Waals surface area (Å²) >= 11 is 0. The lowest BCUT2D eigenvalue weighted by atomic mass is 10.0. The van der Waals surface area contributed by atoms with Crippen molar-refractivity contribution in [2.45, 2.75) is 90.5 Å². The van der Waals surface area contributed by atoms with Crippen LogP contribution in [0.15, 0.2) is 5.18 Å². The molecule has 96 valence electrons. The maximum atomic E-state index is 10.5. The monoisotopic (exact) mass is 227 g/mol. The van der Waals surface area contributed by atoms with Crippen molar-refractivity contribution < 1.29 is 0 Å². The fourth-order valence-electron chi connectivity index (χ4n) is 2.10. The molecule has 0 aliphatic carbocycles. The highest BCUT2D eigenvalue weighted by Gasteiger charge is 2.06. The van der Waals surface area contributed by atoms with Gasteiger partial charge in [-0.05, 0) is 12.8 Å². The zero-order valence-electron chi connectivity index (χ0n) is 11.2. The van der Waals surface area contributed by atoms with Gasteiger partial charge < -0.3 is 0 Å². The van der Waals surface area contributed by atoms with Crippen molar-refractivity contribution in [2.75, 3.05) is 0 Å². The van der Waals surface area contributed by atoms with Crippen molar-refractivity contribution >= 4 is 0 Å². The Morgan fingerprint density at radius 2 is 1.31 bits per heavy atom. The molecule has 0 aromatic carbocycles. The molecule has 1 unspecified atom stereocenters. The van der Waals surface area contributed by atoms with Gasteiger partial charge >= 0.3 is 0 Å². The van der Waals surface area contributed by atoms with E-state index in [4.69, 9.17) is 0 Å². The lowest BCUT2D eigenvalue weighted by Gasteiger charge is -2.06. The second kappa shape index (κ2) is 12.7. The summed E-state index contributed by atoms with van der Waals surface area (Å²) in [6.45, 7) is 4.37. The van der Waals surface area contributed by atoms with Gasteiger partial charge in [-0.2, -0.15) is 4.91 Å². The van der Waals surface area contributed by atoms with Crippen molar-refractivity contribution in [1.29, 1.82) is 0 Å². The van der Waals surface area contributed by atoms with Gasteiger partial charge in [0.25, 0.3) is 0 Å². The largest absolute Gasteiger partial charge is 0.151 e. The fourth-order valence-corrected chi connectivity index (χ4v) is 2.10. The Hall–Kier alpha value is -0.400. The van der Waals surface area contributed by atoms with Gasteiger partial charge in [-0.15, -0.1) is 0 Å². The van der Waals surface area contributed by atoms with Crippen molar-refractivity contribution in [3.63, 3.8) is 0 Å². The molecule has 16 heavy (non-hydrogen) atoms. The van der Waals surface area contributed by atoms with Gasteiger partial charge in [0.15, 0.2) is 0 Å². The zero-order valence-corrected chi connectivity index (χ0v) is 11.2. The van der Waals surface area contributed by atoms with E-state index in [0.29, 0.717) is 0 Å². The van der Waals surface area contributed by atoms with Crippen molar-refractivity contribution in [1.82, 2.24) is 0 Å². The van der Waals surface area contributed by atoms with Crippen LogP contribution in [0.2, 0.25) is 0 Å². The second-order valence-electron chi connectivity index (χ2n) is 4.81. The average molecular weight is 227 g/mol. The lowest BCUT2D eigenvalue weighted by molar-refractivity contribution is 0.504. The number of nitroso groups, excluding NO2 is 1. The van der Waals surface area contributed by atoms with Gasteiger partial charge in [0, 0.05) is 0 Å². The van der Waals surface area contributed by atoms with E-state index >= 15 is 0 Å². The highest BCUT2D eigenvalue weighted by molar-refractivity contribution is 4.64. The summed E-state index contributed by atoms with van der Waals surface area (Å²) in [7, 11) is 0. The predicted molar refractivity (Wildman–Crippen MR) is 71.7 cm³/mol. The summed E-state index contributed by atoms with van der Waals surface area (Å²) in [6, 6.07) is 0.0880. The van der Waals surface area contributed by atoms with Crippen LogP contribution in [0.4, 0.5) is 0 Å². The van der Waals surface area contributed by atoms with Gasteiger partial charge in [0.2, 0.25) is 0 Å².